The van der Waals surface area contributed by atoms with Crippen LogP contribution in [-0.4, -0.2) is 36.2 Å². The number of aromatic nitrogens is 1. The number of hydrogen-bond acceptors (Lipinski definition) is 6. The third-order valence-electron chi connectivity index (χ3n) is 3.93. The molecule has 140 valence electrons. The van der Waals surface area contributed by atoms with Gasteiger partial charge in [0, 0.05) is 31.4 Å². The Bertz CT molecular complexity index is 1050. The lowest BCUT2D eigenvalue weighted by molar-refractivity contribution is -0.384. The van der Waals surface area contributed by atoms with Crippen molar-refractivity contribution in [2.75, 3.05) is 20.8 Å². The molecule has 27 heavy (non-hydrogen) atoms. The zero-order valence-corrected chi connectivity index (χ0v) is 15.6. The van der Waals surface area contributed by atoms with Gasteiger partial charge in [0.2, 0.25) is 0 Å². The van der Waals surface area contributed by atoms with Crippen molar-refractivity contribution in [2.45, 2.75) is 6.54 Å². The molecule has 1 amide bonds. The summed E-state index contributed by atoms with van der Waals surface area (Å²) in [4.78, 5) is 27.8. The number of fused-ring (bicyclic) bond motifs is 1. The van der Waals surface area contributed by atoms with E-state index in [1.54, 1.807) is 44.6 Å². The number of nitro groups is 1. The first-order chi connectivity index (χ1) is 13.0. The monoisotopic (exact) mass is 387 g/mol. The summed E-state index contributed by atoms with van der Waals surface area (Å²) < 4.78 is 12.7. The molecule has 0 aliphatic rings. The number of ether oxygens (including phenoxy) is 2. The maximum atomic E-state index is 12.5. The molecular formula is C18H17N3O5S. The van der Waals surface area contributed by atoms with Gasteiger partial charge in [-0.25, -0.2) is 0 Å². The van der Waals surface area contributed by atoms with E-state index in [1.807, 2.05) is 4.57 Å². The van der Waals surface area contributed by atoms with Gasteiger partial charge >= 0.3 is 0 Å². The van der Waals surface area contributed by atoms with Crippen molar-refractivity contribution >= 4 is 33.1 Å². The lowest BCUT2D eigenvalue weighted by Gasteiger charge is -2.04. The first-order valence-electron chi connectivity index (χ1n) is 8.03. The number of nitro benzene ring substituents is 1. The van der Waals surface area contributed by atoms with Crippen LogP contribution in [0.3, 0.4) is 0 Å². The quantitative estimate of drug-likeness (QED) is 0.478. The van der Waals surface area contributed by atoms with E-state index in [2.05, 4.69) is 4.99 Å². The van der Waals surface area contributed by atoms with Gasteiger partial charge in [-0.2, -0.15) is 4.99 Å². The van der Waals surface area contributed by atoms with Crippen LogP contribution >= 0.6 is 11.3 Å². The molecule has 0 fully saturated rings. The van der Waals surface area contributed by atoms with Crippen molar-refractivity contribution < 1.29 is 19.2 Å². The van der Waals surface area contributed by atoms with Crippen LogP contribution in [0.25, 0.3) is 10.2 Å². The Labute approximate surface area is 158 Å². The van der Waals surface area contributed by atoms with E-state index in [-0.39, 0.29) is 5.69 Å². The molecule has 1 aromatic heterocycles. The minimum atomic E-state index is -0.446. The number of carbonyl (C=O) groups excluding carboxylic acids is 1. The number of non-ortho nitro benzene ring substituents is 1. The number of benzene rings is 2. The second kappa shape index (κ2) is 8.11. The standard InChI is InChI=1S/C18H17N3O5S/c1-25-10-9-20-15-8-5-13(21(23)24)11-16(15)27-18(20)19-17(22)12-3-6-14(26-2)7-4-12/h3-8,11H,9-10H2,1-2H3. The molecule has 0 unspecified atom stereocenters. The van der Waals surface area contributed by atoms with E-state index in [9.17, 15) is 14.9 Å². The van der Waals surface area contributed by atoms with Crippen LogP contribution in [0, 0.1) is 10.1 Å². The van der Waals surface area contributed by atoms with Gasteiger partial charge in [0.15, 0.2) is 4.80 Å². The average molecular weight is 387 g/mol. The van der Waals surface area contributed by atoms with Gasteiger partial charge in [0.25, 0.3) is 11.6 Å². The predicted molar refractivity (Wildman–Crippen MR) is 101 cm³/mol. The van der Waals surface area contributed by atoms with Gasteiger partial charge in [0.05, 0.1) is 28.9 Å². The van der Waals surface area contributed by atoms with Crippen LogP contribution < -0.4 is 9.54 Å². The van der Waals surface area contributed by atoms with E-state index in [1.165, 1.54) is 23.5 Å². The Kier molecular flexibility index (Phi) is 5.63. The van der Waals surface area contributed by atoms with Gasteiger partial charge in [-0.3, -0.25) is 14.9 Å². The van der Waals surface area contributed by atoms with Crippen molar-refractivity contribution in [3.05, 3.63) is 62.9 Å². The molecule has 0 atom stereocenters. The molecule has 0 saturated heterocycles. The van der Waals surface area contributed by atoms with Crippen molar-refractivity contribution in [3.63, 3.8) is 0 Å². The Balaban J connectivity index is 2.08. The highest BCUT2D eigenvalue weighted by molar-refractivity contribution is 7.16. The molecule has 9 heteroatoms. The highest BCUT2D eigenvalue weighted by atomic mass is 32.1. The Morgan fingerprint density at radius 1 is 1.22 bits per heavy atom. The van der Waals surface area contributed by atoms with Crippen molar-refractivity contribution in [1.29, 1.82) is 0 Å². The van der Waals surface area contributed by atoms with E-state index in [4.69, 9.17) is 9.47 Å². The summed E-state index contributed by atoms with van der Waals surface area (Å²) in [6.07, 6.45) is 0. The number of amides is 1. The van der Waals surface area contributed by atoms with E-state index < -0.39 is 10.8 Å². The largest absolute Gasteiger partial charge is 0.497 e. The zero-order chi connectivity index (χ0) is 19.4. The third-order valence-corrected chi connectivity index (χ3v) is 4.97. The van der Waals surface area contributed by atoms with Gasteiger partial charge < -0.3 is 14.0 Å². The molecule has 0 bridgehead atoms. The van der Waals surface area contributed by atoms with Crippen LogP contribution in [0.4, 0.5) is 5.69 Å². The normalized spacial score (nSPS) is 11.7. The minimum absolute atomic E-state index is 0.00401. The third kappa shape index (κ3) is 4.04. The number of thiazole rings is 1. The molecule has 0 aliphatic heterocycles. The Morgan fingerprint density at radius 3 is 2.59 bits per heavy atom. The Hall–Kier alpha value is -3.04. The first kappa shape index (κ1) is 18.7. The average Bonchev–Trinajstić information content (AvgIpc) is 3.02. The van der Waals surface area contributed by atoms with Gasteiger partial charge in [0.1, 0.15) is 5.75 Å². The number of rotatable bonds is 6. The molecule has 0 radical (unpaired) electrons. The molecule has 0 saturated carbocycles. The second-order valence-electron chi connectivity index (χ2n) is 5.58. The molecule has 1 heterocycles. The minimum Gasteiger partial charge on any atom is -0.497 e. The fourth-order valence-electron chi connectivity index (χ4n) is 2.54. The SMILES string of the molecule is COCCn1c(=NC(=O)c2ccc(OC)cc2)sc2cc([N+](=O)[O-])ccc21. The van der Waals surface area contributed by atoms with Crippen LogP contribution in [0.5, 0.6) is 5.75 Å². The summed E-state index contributed by atoms with van der Waals surface area (Å²) in [5.41, 5.74) is 1.19. The second-order valence-corrected chi connectivity index (χ2v) is 6.59. The van der Waals surface area contributed by atoms with Crippen molar-refractivity contribution in [3.8, 4) is 5.75 Å². The topological polar surface area (TPSA) is 96.0 Å². The van der Waals surface area contributed by atoms with E-state index >= 15 is 0 Å². The molecule has 8 nitrogen and oxygen atoms in total. The van der Waals surface area contributed by atoms with Crippen molar-refractivity contribution in [2.24, 2.45) is 4.99 Å². The summed E-state index contributed by atoms with van der Waals surface area (Å²) in [7, 11) is 3.13. The maximum Gasteiger partial charge on any atom is 0.279 e. The highest BCUT2D eigenvalue weighted by Gasteiger charge is 2.13. The van der Waals surface area contributed by atoms with Gasteiger partial charge in [-0.05, 0) is 30.3 Å². The van der Waals surface area contributed by atoms with Gasteiger partial charge in [-0.1, -0.05) is 11.3 Å². The fourth-order valence-corrected chi connectivity index (χ4v) is 3.63. The molecule has 0 aliphatic carbocycles. The van der Waals surface area contributed by atoms with Gasteiger partial charge in [-0.15, -0.1) is 0 Å². The summed E-state index contributed by atoms with van der Waals surface area (Å²) >= 11 is 1.23. The smallest absolute Gasteiger partial charge is 0.279 e. The van der Waals surface area contributed by atoms with E-state index in [0.717, 1.165) is 5.52 Å². The maximum absolute atomic E-state index is 12.5. The zero-order valence-electron chi connectivity index (χ0n) is 14.7. The van der Waals surface area contributed by atoms with Crippen LogP contribution in [0.1, 0.15) is 10.4 Å². The predicted octanol–water partition coefficient (Wildman–Crippen LogP) is 3.01. The highest BCUT2D eigenvalue weighted by Crippen LogP contribution is 2.23. The number of nitrogens with zero attached hydrogens (tertiary/aromatic N) is 3. The molecular weight excluding hydrogens is 370 g/mol. The lowest BCUT2D eigenvalue weighted by Crippen LogP contribution is -2.19. The molecule has 2 aromatic carbocycles. The first-order valence-corrected chi connectivity index (χ1v) is 8.85. The summed E-state index contributed by atoms with van der Waals surface area (Å²) in [6, 6.07) is 11.3. The van der Waals surface area contributed by atoms with Crippen LogP contribution in [-0.2, 0) is 11.3 Å². The fraction of sp³-hybridized carbons (Fsp3) is 0.222. The molecule has 3 rings (SSSR count). The number of methoxy groups -OCH3 is 2. The summed E-state index contributed by atoms with van der Waals surface area (Å²) in [5.74, 6) is 0.251. The lowest BCUT2D eigenvalue weighted by atomic mass is 10.2. The number of carbonyl (C=O) groups is 1. The Morgan fingerprint density at radius 2 is 1.96 bits per heavy atom. The molecule has 0 N–H and O–H groups in total. The van der Waals surface area contributed by atoms with Crippen molar-refractivity contribution in [1.82, 2.24) is 4.57 Å². The van der Waals surface area contributed by atoms with Crippen LogP contribution in [0.15, 0.2) is 47.5 Å². The summed E-state index contributed by atoms with van der Waals surface area (Å²) in [6.45, 7) is 0.899. The van der Waals surface area contributed by atoms with E-state index in [0.29, 0.717) is 34.0 Å². The molecule has 3 aromatic rings. The van der Waals surface area contributed by atoms with Crippen LogP contribution in [0.2, 0.25) is 0 Å². The molecule has 0 spiro atoms. The number of hydrogen-bond donors (Lipinski definition) is 0. The summed E-state index contributed by atoms with van der Waals surface area (Å²) in [5, 5.41) is 11.0.